The summed E-state index contributed by atoms with van der Waals surface area (Å²) in [5, 5.41) is 69.7. The molecule has 0 aromatic heterocycles. The van der Waals surface area contributed by atoms with Gasteiger partial charge < -0.3 is 80.1 Å². The van der Waals surface area contributed by atoms with E-state index in [2.05, 4.69) is 30.4 Å². The number of nitrogens with one attached hydrogen (secondary N) is 4. The van der Waals surface area contributed by atoms with E-state index in [0.29, 0.717) is 0 Å². The maximum Gasteiger partial charge on any atom is 0.234 e. The minimum atomic E-state index is -1.51. The van der Waals surface area contributed by atoms with Crippen LogP contribution in [0.5, 0.6) is 0 Å². The van der Waals surface area contributed by atoms with Crippen molar-refractivity contribution in [3.63, 3.8) is 0 Å². The summed E-state index contributed by atoms with van der Waals surface area (Å²) in [7, 11) is 2.11. The van der Waals surface area contributed by atoms with Crippen LogP contribution in [-0.2, 0) is 47.6 Å². The molecule has 4 amide bonds. The summed E-state index contributed by atoms with van der Waals surface area (Å²) in [6, 6.07) is 0. The van der Waals surface area contributed by atoms with Crippen LogP contribution in [0.4, 0.5) is 0 Å². The third-order valence-electron chi connectivity index (χ3n) is 7.71. The molecular formula is C29H54N5O16P. The summed E-state index contributed by atoms with van der Waals surface area (Å²) < 4.78 is 32.1. The van der Waals surface area contributed by atoms with Gasteiger partial charge in [0.1, 0.15) is 36.6 Å². The Morgan fingerprint density at radius 3 is 1.37 bits per heavy atom. The highest BCUT2D eigenvalue weighted by Gasteiger charge is 2.43. The van der Waals surface area contributed by atoms with E-state index in [-0.39, 0.29) is 91.2 Å². The fourth-order valence-electron chi connectivity index (χ4n) is 4.80. The molecule has 2 rings (SSSR count). The smallest absolute Gasteiger partial charge is 0.234 e. The molecule has 0 aliphatic carbocycles. The first-order valence-electron chi connectivity index (χ1n) is 16.5. The van der Waals surface area contributed by atoms with E-state index in [1.807, 2.05) is 0 Å². The molecule has 1 unspecified atom stereocenters. The van der Waals surface area contributed by atoms with Gasteiger partial charge in [-0.25, -0.2) is 0 Å². The molecule has 2 saturated heterocycles. The third kappa shape index (κ3) is 16.6. The zero-order chi connectivity index (χ0) is 37.9. The van der Waals surface area contributed by atoms with Crippen LogP contribution in [0.3, 0.4) is 0 Å². The Bertz CT molecular complexity index is 1010. The van der Waals surface area contributed by atoms with E-state index in [9.17, 15) is 49.8 Å². The lowest BCUT2D eigenvalue weighted by molar-refractivity contribution is -0.292. The van der Waals surface area contributed by atoms with Gasteiger partial charge in [-0.2, -0.15) is 0 Å². The van der Waals surface area contributed by atoms with Crippen molar-refractivity contribution in [3.05, 3.63) is 0 Å². The second-order valence-corrected chi connectivity index (χ2v) is 12.1. The van der Waals surface area contributed by atoms with Gasteiger partial charge >= 0.3 is 0 Å². The molecule has 21 nitrogen and oxygen atoms in total. The molecule has 0 aromatic rings. The number of ether oxygens (including phenoxy) is 6. The zero-order valence-electron chi connectivity index (χ0n) is 28.8. The second kappa shape index (κ2) is 24.2. The summed E-state index contributed by atoms with van der Waals surface area (Å²) in [5.41, 5.74) is 0. The van der Waals surface area contributed by atoms with E-state index in [4.69, 9.17) is 28.4 Å². The standard InChI is InChI=1S/C29H54N5O16P/c1-16-22(39)24(41)26(43)28(49-16)47-9-5-31-20(37)14-34(13-19(36)30-4-8-46-12-11-45-7-3-18(35)33-51)15-21(38)32-6-10-48-29-27(44)25(42)23(40)17(2)50-29/h16-17,22-29,39-44H,3-15,51H2,1-2H3,(H,30,36)(H,31,37)(H,32,38)(H,33,35)/t16-,17-,22+,23+,24+,25+,26-,27-,28+,29+/m0/s1. The molecule has 2 heterocycles. The predicted molar refractivity (Wildman–Crippen MR) is 176 cm³/mol. The number of hydrogen-bond donors (Lipinski definition) is 10. The van der Waals surface area contributed by atoms with Gasteiger partial charge in [-0.15, -0.1) is 0 Å². The van der Waals surface area contributed by atoms with Crippen LogP contribution in [0, 0.1) is 0 Å². The molecular weight excluding hydrogens is 705 g/mol. The minimum absolute atomic E-state index is 0.0482. The number of rotatable bonds is 23. The van der Waals surface area contributed by atoms with Crippen molar-refractivity contribution in [3.8, 4) is 0 Å². The van der Waals surface area contributed by atoms with Crippen LogP contribution in [0.2, 0.25) is 0 Å². The van der Waals surface area contributed by atoms with Gasteiger partial charge in [-0.05, 0) is 23.2 Å². The van der Waals surface area contributed by atoms with Crippen molar-refractivity contribution in [2.75, 3.05) is 78.9 Å². The van der Waals surface area contributed by atoms with Crippen molar-refractivity contribution >= 4 is 33.0 Å². The van der Waals surface area contributed by atoms with Crippen LogP contribution in [0.25, 0.3) is 0 Å². The Balaban J connectivity index is 1.79. The van der Waals surface area contributed by atoms with Crippen LogP contribution < -0.4 is 21.0 Å². The van der Waals surface area contributed by atoms with E-state index < -0.39 is 79.1 Å². The molecule has 51 heavy (non-hydrogen) atoms. The summed E-state index contributed by atoms with van der Waals surface area (Å²) in [6.07, 6.45) is -12.4. The van der Waals surface area contributed by atoms with Gasteiger partial charge in [0.2, 0.25) is 23.6 Å². The second-order valence-electron chi connectivity index (χ2n) is 11.8. The average Bonchev–Trinajstić information content (AvgIpc) is 3.09. The number of nitrogens with zero attached hydrogens (tertiary/aromatic N) is 1. The fraction of sp³-hybridized carbons (Fsp3) is 0.862. The number of carbonyl (C=O) groups excluding carboxylic acids is 4. The number of aliphatic hydroxyl groups excluding tert-OH is 6. The van der Waals surface area contributed by atoms with Crippen molar-refractivity contribution < 1.29 is 78.2 Å². The molecule has 0 spiro atoms. The van der Waals surface area contributed by atoms with Gasteiger partial charge in [0.15, 0.2) is 12.6 Å². The predicted octanol–water partition coefficient (Wildman–Crippen LogP) is -6.35. The van der Waals surface area contributed by atoms with Crippen molar-refractivity contribution in [2.24, 2.45) is 0 Å². The Hall–Kier alpha value is -2.21. The number of amides is 4. The first kappa shape index (κ1) is 44.9. The number of aliphatic hydroxyl groups is 6. The summed E-state index contributed by atoms with van der Waals surface area (Å²) in [6.45, 7) is 2.58. The molecule has 0 bridgehead atoms. The molecule has 10 N–H and O–H groups in total. The van der Waals surface area contributed by atoms with Crippen LogP contribution in [0.1, 0.15) is 20.3 Å². The lowest BCUT2D eigenvalue weighted by Gasteiger charge is -2.38. The van der Waals surface area contributed by atoms with Crippen LogP contribution in [-0.4, -0.2) is 199 Å². The van der Waals surface area contributed by atoms with Gasteiger partial charge in [0.05, 0.1) is 77.9 Å². The van der Waals surface area contributed by atoms with Crippen molar-refractivity contribution in [2.45, 2.75) is 81.7 Å². The monoisotopic (exact) mass is 759 g/mol. The first-order valence-corrected chi connectivity index (χ1v) is 17.1. The molecule has 11 atom stereocenters. The summed E-state index contributed by atoms with van der Waals surface area (Å²) in [4.78, 5) is 50.5. The molecule has 296 valence electrons. The first-order chi connectivity index (χ1) is 24.2. The van der Waals surface area contributed by atoms with E-state index in [0.717, 1.165) is 0 Å². The van der Waals surface area contributed by atoms with E-state index >= 15 is 0 Å². The van der Waals surface area contributed by atoms with Crippen molar-refractivity contribution in [1.82, 2.24) is 25.9 Å². The highest BCUT2D eigenvalue weighted by atomic mass is 31.0. The molecule has 2 aliphatic rings. The number of carbonyl (C=O) groups is 4. The number of hydrogen-bond acceptors (Lipinski definition) is 17. The lowest BCUT2D eigenvalue weighted by atomic mass is 10.0. The highest BCUT2D eigenvalue weighted by Crippen LogP contribution is 2.22. The molecule has 0 radical (unpaired) electrons. The Morgan fingerprint density at radius 2 is 0.961 bits per heavy atom. The van der Waals surface area contributed by atoms with Gasteiger partial charge in [-0.1, -0.05) is 0 Å². The van der Waals surface area contributed by atoms with Crippen LogP contribution >= 0.6 is 9.39 Å². The third-order valence-corrected chi connectivity index (χ3v) is 8.03. The topological polar surface area (TPSA) is 296 Å². The SMILES string of the molecule is C[C@@H]1O[C@@H](OCCNC(=O)CN(CC(=O)NCCOCCOCCC(=O)NP)CC(=O)NCCO[C@@H]2O[C@@H](C)[C@@H](O)[C@@H](O)[C@@H]2O)[C@@H](O)[C@H](O)[C@@H]1O. The molecule has 2 fully saturated rings. The highest BCUT2D eigenvalue weighted by molar-refractivity contribution is 7.15. The quantitative estimate of drug-likeness (QED) is 0.0342. The van der Waals surface area contributed by atoms with E-state index in [1.54, 1.807) is 0 Å². The largest absolute Gasteiger partial charge is 0.388 e. The van der Waals surface area contributed by atoms with Gasteiger partial charge in [-0.3, -0.25) is 24.1 Å². The summed E-state index contributed by atoms with van der Waals surface area (Å²) >= 11 is 0. The summed E-state index contributed by atoms with van der Waals surface area (Å²) in [5.74, 6) is -1.80. The van der Waals surface area contributed by atoms with Crippen molar-refractivity contribution in [1.29, 1.82) is 0 Å². The average molecular weight is 760 g/mol. The lowest BCUT2D eigenvalue weighted by Crippen LogP contribution is -2.57. The molecule has 0 aromatic carbocycles. The Morgan fingerprint density at radius 1 is 0.569 bits per heavy atom. The van der Waals surface area contributed by atoms with E-state index in [1.165, 1.54) is 18.7 Å². The minimum Gasteiger partial charge on any atom is -0.388 e. The zero-order valence-corrected chi connectivity index (χ0v) is 29.9. The molecule has 22 heteroatoms. The van der Waals surface area contributed by atoms with Gasteiger partial charge in [0, 0.05) is 19.6 Å². The maximum atomic E-state index is 12.7. The maximum absolute atomic E-state index is 12.7. The fourth-order valence-corrected chi connectivity index (χ4v) is 4.94. The normalized spacial score (nSPS) is 29.4. The molecule has 2 aliphatic heterocycles. The Labute approximate surface area is 297 Å². The van der Waals surface area contributed by atoms with Gasteiger partial charge in [0.25, 0.3) is 0 Å². The van der Waals surface area contributed by atoms with Crippen LogP contribution in [0.15, 0.2) is 0 Å². The molecule has 0 saturated carbocycles. The Kier molecular flexibility index (Phi) is 21.3.